The molecule has 0 saturated heterocycles. The van der Waals surface area contributed by atoms with Gasteiger partial charge in [-0.25, -0.2) is 4.79 Å². The van der Waals surface area contributed by atoms with Gasteiger partial charge in [0.2, 0.25) is 0 Å². The van der Waals surface area contributed by atoms with Crippen molar-refractivity contribution >= 4 is 17.7 Å². The fourth-order valence-electron chi connectivity index (χ4n) is 2.40. The highest BCUT2D eigenvalue weighted by atomic mass is 16.4. The van der Waals surface area contributed by atoms with Crippen LogP contribution in [-0.2, 0) is 4.79 Å². The number of carboxylic acids is 1. The van der Waals surface area contributed by atoms with Crippen molar-refractivity contribution in [3.05, 3.63) is 29.8 Å². The van der Waals surface area contributed by atoms with Gasteiger partial charge in [0, 0.05) is 13.6 Å². The summed E-state index contributed by atoms with van der Waals surface area (Å²) in [6, 6.07) is 8.38. The zero-order chi connectivity index (χ0) is 15.5. The van der Waals surface area contributed by atoms with Crippen molar-refractivity contribution in [2.45, 2.75) is 19.3 Å². The first-order valence-corrected chi connectivity index (χ1v) is 6.74. The van der Waals surface area contributed by atoms with E-state index in [-0.39, 0.29) is 6.54 Å². The van der Waals surface area contributed by atoms with Gasteiger partial charge in [0.05, 0.1) is 16.7 Å². The summed E-state index contributed by atoms with van der Waals surface area (Å²) in [5, 5.41) is 20.9. The predicted octanol–water partition coefficient (Wildman–Crippen LogP) is 1.96. The van der Waals surface area contributed by atoms with Gasteiger partial charge in [-0.3, -0.25) is 9.69 Å². The normalized spacial score (nSPS) is 15.4. The number of nitrogens with one attached hydrogen (secondary N) is 1. The molecular weight excluding hydrogens is 270 g/mol. The fraction of sp³-hybridized carbons (Fsp3) is 0.400. The molecular formula is C15H17N3O3. The average molecular weight is 287 g/mol. The van der Waals surface area contributed by atoms with E-state index in [0.29, 0.717) is 24.1 Å². The Hall–Kier alpha value is -2.55. The monoisotopic (exact) mass is 287 g/mol. The maximum absolute atomic E-state index is 12.1. The molecule has 1 aromatic carbocycles. The Morgan fingerprint density at radius 1 is 1.43 bits per heavy atom. The molecule has 0 unspecified atom stereocenters. The first-order valence-electron chi connectivity index (χ1n) is 6.74. The van der Waals surface area contributed by atoms with Gasteiger partial charge >= 0.3 is 12.0 Å². The van der Waals surface area contributed by atoms with Crippen LogP contribution in [0, 0.1) is 16.7 Å². The summed E-state index contributed by atoms with van der Waals surface area (Å²) in [5.74, 6) is -0.867. The van der Waals surface area contributed by atoms with Crippen molar-refractivity contribution in [3.8, 4) is 6.07 Å². The molecule has 0 bridgehead atoms. The minimum absolute atomic E-state index is 0.111. The van der Waals surface area contributed by atoms with E-state index in [0.717, 1.165) is 6.42 Å². The van der Waals surface area contributed by atoms with Crippen LogP contribution in [0.3, 0.4) is 0 Å². The molecule has 2 rings (SSSR count). The molecule has 1 saturated carbocycles. The number of rotatable bonds is 4. The number of para-hydroxylation sites is 1. The number of nitriles is 1. The van der Waals surface area contributed by atoms with Crippen LogP contribution in [0.5, 0.6) is 0 Å². The number of nitrogens with zero attached hydrogens (tertiary/aromatic N) is 2. The van der Waals surface area contributed by atoms with E-state index in [4.69, 9.17) is 5.26 Å². The van der Waals surface area contributed by atoms with Crippen LogP contribution in [0.1, 0.15) is 24.8 Å². The second-order valence-electron chi connectivity index (χ2n) is 5.29. The molecule has 0 atom stereocenters. The quantitative estimate of drug-likeness (QED) is 0.885. The number of benzene rings is 1. The van der Waals surface area contributed by atoms with E-state index < -0.39 is 17.4 Å². The van der Waals surface area contributed by atoms with Gasteiger partial charge in [-0.05, 0) is 25.0 Å². The Bertz CT molecular complexity index is 602. The highest BCUT2D eigenvalue weighted by Crippen LogP contribution is 2.40. The smallest absolute Gasteiger partial charge is 0.321 e. The molecule has 110 valence electrons. The second kappa shape index (κ2) is 5.83. The number of hydrogen-bond acceptors (Lipinski definition) is 3. The lowest BCUT2D eigenvalue weighted by Crippen LogP contribution is -2.50. The summed E-state index contributed by atoms with van der Waals surface area (Å²) in [5.41, 5.74) is 0.0628. The first kappa shape index (κ1) is 14.9. The fourth-order valence-corrected chi connectivity index (χ4v) is 2.40. The van der Waals surface area contributed by atoms with Gasteiger partial charge in [-0.15, -0.1) is 0 Å². The van der Waals surface area contributed by atoms with E-state index in [2.05, 4.69) is 5.32 Å². The molecule has 0 spiro atoms. The summed E-state index contributed by atoms with van der Waals surface area (Å²) in [4.78, 5) is 24.7. The highest BCUT2D eigenvalue weighted by Gasteiger charge is 2.44. The Labute approximate surface area is 123 Å². The topological polar surface area (TPSA) is 93.4 Å². The van der Waals surface area contributed by atoms with Crippen molar-refractivity contribution in [1.82, 2.24) is 5.32 Å². The lowest BCUT2D eigenvalue weighted by atomic mass is 9.69. The number of aliphatic carboxylic acids is 1. The molecule has 1 aliphatic carbocycles. The highest BCUT2D eigenvalue weighted by molar-refractivity contribution is 5.93. The molecule has 0 heterocycles. The van der Waals surface area contributed by atoms with Gasteiger partial charge in [0.1, 0.15) is 6.07 Å². The molecule has 0 aliphatic heterocycles. The number of carbonyl (C=O) groups is 2. The van der Waals surface area contributed by atoms with E-state index in [1.54, 1.807) is 31.3 Å². The van der Waals surface area contributed by atoms with Gasteiger partial charge in [0.25, 0.3) is 0 Å². The van der Waals surface area contributed by atoms with Crippen LogP contribution in [-0.4, -0.2) is 30.7 Å². The number of carbonyl (C=O) groups excluding carboxylic acids is 1. The van der Waals surface area contributed by atoms with E-state index in [1.807, 2.05) is 6.07 Å². The third kappa shape index (κ3) is 2.82. The standard InChI is InChI=1S/C15H17N3O3/c1-18(12-6-3-2-5-11(12)9-16)14(21)17-10-15(13(19)20)7-4-8-15/h2-3,5-6H,4,7-8,10H2,1H3,(H,17,21)(H,19,20). The van der Waals surface area contributed by atoms with Crippen molar-refractivity contribution in [2.24, 2.45) is 5.41 Å². The summed E-state index contributed by atoms with van der Waals surface area (Å²) in [6.45, 7) is 0.111. The van der Waals surface area contributed by atoms with Crippen LogP contribution in [0.2, 0.25) is 0 Å². The largest absolute Gasteiger partial charge is 0.481 e. The van der Waals surface area contributed by atoms with Gasteiger partial charge in [-0.1, -0.05) is 18.6 Å². The molecule has 2 amide bonds. The predicted molar refractivity (Wildman–Crippen MR) is 76.9 cm³/mol. The molecule has 21 heavy (non-hydrogen) atoms. The van der Waals surface area contributed by atoms with Crippen LogP contribution in [0.25, 0.3) is 0 Å². The molecule has 1 fully saturated rings. The van der Waals surface area contributed by atoms with E-state index >= 15 is 0 Å². The maximum Gasteiger partial charge on any atom is 0.321 e. The summed E-state index contributed by atoms with van der Waals surface area (Å²) >= 11 is 0. The third-order valence-corrected chi connectivity index (χ3v) is 4.03. The third-order valence-electron chi connectivity index (χ3n) is 4.03. The van der Waals surface area contributed by atoms with Crippen molar-refractivity contribution in [1.29, 1.82) is 5.26 Å². The van der Waals surface area contributed by atoms with E-state index in [1.165, 1.54) is 4.90 Å². The lowest BCUT2D eigenvalue weighted by molar-refractivity contribution is -0.153. The SMILES string of the molecule is CN(C(=O)NCC1(C(=O)O)CCC1)c1ccccc1C#N. The average Bonchev–Trinajstić information content (AvgIpc) is 2.44. The minimum atomic E-state index is -0.867. The summed E-state index contributed by atoms with van der Waals surface area (Å²) in [6.07, 6.45) is 2.04. The molecule has 1 aliphatic rings. The molecule has 6 heteroatoms. The van der Waals surface area contributed by atoms with Crippen LogP contribution >= 0.6 is 0 Å². The van der Waals surface area contributed by atoms with Gasteiger partial charge < -0.3 is 10.4 Å². The summed E-state index contributed by atoms with van der Waals surface area (Å²) < 4.78 is 0. The van der Waals surface area contributed by atoms with E-state index in [9.17, 15) is 14.7 Å². The Kier molecular flexibility index (Phi) is 4.13. The lowest BCUT2D eigenvalue weighted by Gasteiger charge is -2.38. The first-order chi connectivity index (χ1) is 10.00. The Balaban J connectivity index is 2.04. The molecule has 6 nitrogen and oxygen atoms in total. The maximum atomic E-state index is 12.1. The zero-order valence-electron chi connectivity index (χ0n) is 11.8. The molecule has 0 aromatic heterocycles. The Morgan fingerprint density at radius 2 is 2.10 bits per heavy atom. The van der Waals surface area contributed by atoms with Crippen LogP contribution in [0.4, 0.5) is 10.5 Å². The number of hydrogen-bond donors (Lipinski definition) is 2. The number of urea groups is 1. The molecule has 0 radical (unpaired) electrons. The Morgan fingerprint density at radius 3 is 2.62 bits per heavy atom. The van der Waals surface area contributed by atoms with Crippen LogP contribution in [0.15, 0.2) is 24.3 Å². The van der Waals surface area contributed by atoms with Crippen molar-refractivity contribution in [3.63, 3.8) is 0 Å². The number of carboxylic acid groups (broad SMARTS) is 1. The number of anilines is 1. The molecule has 2 N–H and O–H groups in total. The van der Waals surface area contributed by atoms with Crippen molar-refractivity contribution < 1.29 is 14.7 Å². The van der Waals surface area contributed by atoms with Gasteiger partial charge in [0.15, 0.2) is 0 Å². The summed E-state index contributed by atoms with van der Waals surface area (Å²) in [7, 11) is 1.56. The molecule has 1 aromatic rings. The minimum Gasteiger partial charge on any atom is -0.481 e. The zero-order valence-corrected chi connectivity index (χ0v) is 11.8. The number of amides is 2. The van der Waals surface area contributed by atoms with Gasteiger partial charge in [-0.2, -0.15) is 5.26 Å². The van der Waals surface area contributed by atoms with Crippen LogP contribution < -0.4 is 10.2 Å². The second-order valence-corrected chi connectivity index (χ2v) is 5.29. The van der Waals surface area contributed by atoms with Crippen molar-refractivity contribution in [2.75, 3.05) is 18.5 Å².